The first-order valence-corrected chi connectivity index (χ1v) is 6.87. The van der Waals surface area contributed by atoms with Crippen molar-refractivity contribution in [2.45, 2.75) is 32.7 Å². The third-order valence-electron chi connectivity index (χ3n) is 2.75. The summed E-state index contributed by atoms with van der Waals surface area (Å²) in [7, 11) is 0. The van der Waals surface area contributed by atoms with Crippen LogP contribution in [0.5, 0.6) is 0 Å². The Hall–Kier alpha value is -1.23. The number of aromatic nitrogens is 1. The van der Waals surface area contributed by atoms with Crippen molar-refractivity contribution in [1.82, 2.24) is 10.4 Å². The number of hydrogen-bond acceptors (Lipinski definition) is 4. The van der Waals surface area contributed by atoms with Gasteiger partial charge in [-0.25, -0.2) is 4.98 Å². The average molecular weight is 261 g/mol. The molecule has 2 rings (SSSR count). The Bertz CT molecular complexity index is 526. The van der Waals surface area contributed by atoms with Gasteiger partial charge >= 0.3 is 0 Å². The van der Waals surface area contributed by atoms with Crippen LogP contribution in [-0.2, 0) is 12.0 Å². The molecule has 1 aromatic heterocycles. The highest BCUT2D eigenvalue weighted by molar-refractivity contribution is 7.13. The molecule has 0 aliphatic carbocycles. The lowest BCUT2D eigenvalue weighted by molar-refractivity contribution is 0.573. The van der Waals surface area contributed by atoms with Gasteiger partial charge in [-0.1, -0.05) is 39.0 Å². The zero-order valence-electron chi connectivity index (χ0n) is 11.0. The molecular formula is C14H19N3S. The third-order valence-corrected chi connectivity index (χ3v) is 3.64. The van der Waals surface area contributed by atoms with Gasteiger partial charge < -0.3 is 0 Å². The summed E-state index contributed by atoms with van der Waals surface area (Å²) in [6, 6.07) is 8.32. The van der Waals surface area contributed by atoms with Gasteiger partial charge in [0, 0.05) is 22.9 Å². The minimum atomic E-state index is 0.102. The maximum absolute atomic E-state index is 5.35. The van der Waals surface area contributed by atoms with Gasteiger partial charge in [0.1, 0.15) is 5.01 Å². The number of nitrogens with zero attached hydrogens (tertiary/aromatic N) is 1. The molecule has 0 unspecified atom stereocenters. The lowest BCUT2D eigenvalue weighted by Gasteiger charge is -2.14. The molecule has 0 atom stereocenters. The number of nitrogens with two attached hydrogens (primary N) is 1. The van der Waals surface area contributed by atoms with Crippen molar-refractivity contribution >= 4 is 11.3 Å². The van der Waals surface area contributed by atoms with Gasteiger partial charge in [-0.15, -0.1) is 11.3 Å². The van der Waals surface area contributed by atoms with E-state index in [9.17, 15) is 0 Å². The highest BCUT2D eigenvalue weighted by Crippen LogP contribution is 2.29. The Balaban J connectivity index is 2.31. The van der Waals surface area contributed by atoms with Gasteiger partial charge in [0.15, 0.2) is 0 Å². The highest BCUT2D eigenvalue weighted by atomic mass is 32.1. The van der Waals surface area contributed by atoms with E-state index in [2.05, 4.69) is 49.8 Å². The van der Waals surface area contributed by atoms with E-state index in [-0.39, 0.29) is 5.41 Å². The quantitative estimate of drug-likeness (QED) is 0.659. The van der Waals surface area contributed by atoms with E-state index in [1.54, 1.807) is 11.3 Å². The first-order chi connectivity index (χ1) is 8.50. The van der Waals surface area contributed by atoms with Crippen LogP contribution in [0.1, 0.15) is 32.0 Å². The average Bonchev–Trinajstić information content (AvgIpc) is 2.78. The molecule has 1 aromatic carbocycles. The van der Waals surface area contributed by atoms with Gasteiger partial charge in [-0.05, 0) is 11.6 Å². The summed E-state index contributed by atoms with van der Waals surface area (Å²) in [5.41, 5.74) is 6.25. The topological polar surface area (TPSA) is 50.9 Å². The monoisotopic (exact) mass is 261 g/mol. The Morgan fingerprint density at radius 1 is 1.33 bits per heavy atom. The zero-order chi connectivity index (χ0) is 13.2. The molecule has 3 N–H and O–H groups in total. The Morgan fingerprint density at radius 3 is 2.72 bits per heavy atom. The number of nitrogens with one attached hydrogen (secondary N) is 1. The fraction of sp³-hybridized carbons (Fsp3) is 0.357. The lowest BCUT2D eigenvalue weighted by Crippen LogP contribution is -2.20. The van der Waals surface area contributed by atoms with Gasteiger partial charge in [-0.3, -0.25) is 11.3 Å². The van der Waals surface area contributed by atoms with E-state index < -0.39 is 0 Å². The lowest BCUT2D eigenvalue weighted by atomic mass is 9.93. The van der Waals surface area contributed by atoms with Crippen LogP contribution in [0.2, 0.25) is 0 Å². The van der Waals surface area contributed by atoms with Crippen LogP contribution < -0.4 is 11.3 Å². The summed E-state index contributed by atoms with van der Waals surface area (Å²) >= 11 is 1.69. The second-order valence-electron chi connectivity index (χ2n) is 5.37. The van der Waals surface area contributed by atoms with Crippen molar-refractivity contribution in [2.24, 2.45) is 5.84 Å². The summed E-state index contributed by atoms with van der Waals surface area (Å²) in [5.74, 6) is 5.35. The van der Waals surface area contributed by atoms with E-state index in [0.29, 0.717) is 6.54 Å². The van der Waals surface area contributed by atoms with Gasteiger partial charge in [-0.2, -0.15) is 0 Å². The van der Waals surface area contributed by atoms with Crippen LogP contribution in [0.3, 0.4) is 0 Å². The fourth-order valence-corrected chi connectivity index (χ4v) is 2.73. The molecule has 0 amide bonds. The predicted octanol–water partition coefficient (Wildman–Crippen LogP) is 3.07. The standard InChI is InChI=1S/C14H19N3S/c1-14(2,3)12-9-18-13(17-12)11-6-4-5-10(7-11)8-16-15/h4-7,9,16H,8,15H2,1-3H3. The van der Waals surface area contributed by atoms with E-state index >= 15 is 0 Å². The Morgan fingerprint density at radius 2 is 2.11 bits per heavy atom. The van der Waals surface area contributed by atoms with Crippen molar-refractivity contribution in [3.05, 3.63) is 40.9 Å². The van der Waals surface area contributed by atoms with Gasteiger partial charge in [0.25, 0.3) is 0 Å². The van der Waals surface area contributed by atoms with Crippen molar-refractivity contribution in [1.29, 1.82) is 0 Å². The minimum Gasteiger partial charge on any atom is -0.271 e. The SMILES string of the molecule is CC(C)(C)c1csc(-c2cccc(CNN)c2)n1. The first kappa shape index (κ1) is 13.2. The smallest absolute Gasteiger partial charge is 0.123 e. The van der Waals surface area contributed by atoms with Crippen molar-refractivity contribution < 1.29 is 0 Å². The predicted molar refractivity (Wildman–Crippen MR) is 77.3 cm³/mol. The highest BCUT2D eigenvalue weighted by Gasteiger charge is 2.17. The molecule has 0 radical (unpaired) electrons. The molecule has 1 heterocycles. The molecule has 0 spiro atoms. The largest absolute Gasteiger partial charge is 0.271 e. The van der Waals surface area contributed by atoms with Crippen molar-refractivity contribution in [3.63, 3.8) is 0 Å². The molecule has 0 saturated carbocycles. The molecule has 0 bridgehead atoms. The zero-order valence-corrected chi connectivity index (χ0v) is 11.8. The summed E-state index contributed by atoms with van der Waals surface area (Å²) < 4.78 is 0. The maximum Gasteiger partial charge on any atom is 0.123 e. The van der Waals surface area contributed by atoms with Crippen LogP contribution in [0.25, 0.3) is 10.6 Å². The van der Waals surface area contributed by atoms with Crippen LogP contribution in [0.4, 0.5) is 0 Å². The van der Waals surface area contributed by atoms with Gasteiger partial charge in [0.2, 0.25) is 0 Å². The Kier molecular flexibility index (Phi) is 3.80. The normalized spacial score (nSPS) is 11.8. The van der Waals surface area contributed by atoms with E-state index in [1.165, 1.54) is 5.56 Å². The Labute approximate surface area is 112 Å². The second-order valence-corrected chi connectivity index (χ2v) is 6.23. The van der Waals surface area contributed by atoms with Crippen molar-refractivity contribution in [3.8, 4) is 10.6 Å². The number of benzene rings is 1. The van der Waals surface area contributed by atoms with E-state index in [4.69, 9.17) is 10.8 Å². The summed E-state index contributed by atoms with van der Waals surface area (Å²) in [6.45, 7) is 7.22. The molecule has 4 heteroatoms. The summed E-state index contributed by atoms with van der Waals surface area (Å²) in [6.07, 6.45) is 0. The molecule has 3 nitrogen and oxygen atoms in total. The van der Waals surface area contributed by atoms with E-state index in [0.717, 1.165) is 16.3 Å². The second kappa shape index (κ2) is 5.18. The van der Waals surface area contributed by atoms with Crippen molar-refractivity contribution in [2.75, 3.05) is 0 Å². The van der Waals surface area contributed by atoms with Crippen LogP contribution >= 0.6 is 11.3 Å². The van der Waals surface area contributed by atoms with Gasteiger partial charge in [0.05, 0.1) is 5.69 Å². The summed E-state index contributed by atoms with van der Waals surface area (Å²) in [4.78, 5) is 4.72. The molecule has 96 valence electrons. The first-order valence-electron chi connectivity index (χ1n) is 5.99. The van der Waals surface area contributed by atoms with Crippen LogP contribution in [0, 0.1) is 0 Å². The molecule has 2 aromatic rings. The van der Waals surface area contributed by atoms with Crippen LogP contribution in [0.15, 0.2) is 29.6 Å². The molecule has 18 heavy (non-hydrogen) atoms. The molecule has 0 aliphatic rings. The molecule has 0 aliphatic heterocycles. The molecular weight excluding hydrogens is 242 g/mol. The fourth-order valence-electron chi connectivity index (χ4n) is 1.68. The molecule has 0 fully saturated rings. The minimum absolute atomic E-state index is 0.102. The number of hydrazine groups is 1. The third kappa shape index (κ3) is 2.96. The number of thiazole rings is 1. The molecule has 0 saturated heterocycles. The number of rotatable bonds is 3. The van der Waals surface area contributed by atoms with E-state index in [1.807, 2.05) is 6.07 Å². The summed E-state index contributed by atoms with van der Waals surface area (Å²) in [5, 5.41) is 3.21. The van der Waals surface area contributed by atoms with Crippen LogP contribution in [-0.4, -0.2) is 4.98 Å². The maximum atomic E-state index is 5.35. The number of hydrogen-bond donors (Lipinski definition) is 2.